The minimum absolute atomic E-state index is 0.0162. The highest BCUT2D eigenvalue weighted by atomic mass is 19.1. The Morgan fingerprint density at radius 2 is 1.88 bits per heavy atom. The zero-order valence-corrected chi connectivity index (χ0v) is 15.3. The van der Waals surface area contributed by atoms with Crippen LogP contribution in [-0.2, 0) is 16.0 Å². The number of pyridine rings is 1. The standard InChI is InChI=1S/C20H24F2N2O2/c1-4-5-10-26-19(25)20(2,3)12-13-6-7-15(21)14(11-13)18-16(22)8-9-17(23)24-18/h6-9,11H,4-5,10,12H2,1-3H3,(H2,23,24). The SMILES string of the molecule is CCCCOC(=O)C(C)(C)Cc1ccc(F)c(-c2nc(N)ccc2F)c1. The number of nitrogens with zero attached hydrogens (tertiary/aromatic N) is 1. The second-order valence-electron chi connectivity index (χ2n) is 6.93. The summed E-state index contributed by atoms with van der Waals surface area (Å²) in [4.78, 5) is 16.2. The Morgan fingerprint density at radius 1 is 1.19 bits per heavy atom. The van der Waals surface area contributed by atoms with Crippen molar-refractivity contribution in [3.05, 3.63) is 47.5 Å². The van der Waals surface area contributed by atoms with Crippen molar-refractivity contribution in [2.75, 3.05) is 12.3 Å². The molecule has 26 heavy (non-hydrogen) atoms. The normalized spacial score (nSPS) is 11.4. The van der Waals surface area contributed by atoms with Gasteiger partial charge in [-0.2, -0.15) is 0 Å². The van der Waals surface area contributed by atoms with E-state index < -0.39 is 17.0 Å². The van der Waals surface area contributed by atoms with Crippen molar-refractivity contribution < 1.29 is 18.3 Å². The van der Waals surface area contributed by atoms with Gasteiger partial charge in [0.15, 0.2) is 0 Å². The number of hydrogen-bond donors (Lipinski definition) is 1. The third-order valence-electron chi connectivity index (χ3n) is 4.08. The monoisotopic (exact) mass is 362 g/mol. The first-order valence-electron chi connectivity index (χ1n) is 8.62. The number of benzene rings is 1. The van der Waals surface area contributed by atoms with Gasteiger partial charge in [0.2, 0.25) is 0 Å². The molecule has 2 aromatic rings. The molecule has 0 fully saturated rings. The van der Waals surface area contributed by atoms with E-state index in [1.54, 1.807) is 19.9 Å². The summed E-state index contributed by atoms with van der Waals surface area (Å²) in [6.07, 6.45) is 2.08. The van der Waals surface area contributed by atoms with E-state index in [-0.39, 0.29) is 23.0 Å². The van der Waals surface area contributed by atoms with Gasteiger partial charge in [-0.05, 0) is 56.5 Å². The summed E-state index contributed by atoms with van der Waals surface area (Å²) in [7, 11) is 0. The maximum absolute atomic E-state index is 14.2. The van der Waals surface area contributed by atoms with Gasteiger partial charge in [0.1, 0.15) is 23.1 Å². The predicted molar refractivity (Wildman–Crippen MR) is 97.4 cm³/mol. The molecule has 1 aromatic heterocycles. The Balaban J connectivity index is 2.26. The number of halogens is 2. The second kappa shape index (κ2) is 8.25. The van der Waals surface area contributed by atoms with Crippen LogP contribution in [-0.4, -0.2) is 17.6 Å². The highest BCUT2D eigenvalue weighted by Crippen LogP contribution is 2.29. The highest BCUT2D eigenvalue weighted by molar-refractivity contribution is 5.76. The summed E-state index contributed by atoms with van der Waals surface area (Å²) in [5.74, 6) is -1.47. The Hall–Kier alpha value is -2.50. The molecule has 0 atom stereocenters. The molecule has 0 saturated heterocycles. The van der Waals surface area contributed by atoms with E-state index in [4.69, 9.17) is 10.5 Å². The third-order valence-corrected chi connectivity index (χ3v) is 4.08. The first kappa shape index (κ1) is 19.8. The molecular formula is C20H24F2N2O2. The number of nitrogens with two attached hydrogens (primary N) is 1. The topological polar surface area (TPSA) is 65.2 Å². The number of esters is 1. The number of hydrogen-bond acceptors (Lipinski definition) is 4. The lowest BCUT2D eigenvalue weighted by atomic mass is 9.85. The minimum Gasteiger partial charge on any atom is -0.465 e. The molecule has 0 radical (unpaired) electrons. The first-order chi connectivity index (χ1) is 12.2. The fourth-order valence-corrected chi connectivity index (χ4v) is 2.60. The van der Waals surface area contributed by atoms with Crippen molar-refractivity contribution >= 4 is 11.8 Å². The number of nitrogen functional groups attached to an aromatic ring is 1. The molecule has 140 valence electrons. The number of rotatable bonds is 7. The molecule has 0 bridgehead atoms. The maximum Gasteiger partial charge on any atom is 0.311 e. The second-order valence-corrected chi connectivity index (χ2v) is 6.93. The van der Waals surface area contributed by atoms with Gasteiger partial charge in [-0.1, -0.05) is 19.4 Å². The Bertz CT molecular complexity index is 791. The maximum atomic E-state index is 14.2. The molecule has 2 N–H and O–H groups in total. The van der Waals surface area contributed by atoms with Crippen LogP contribution in [0, 0.1) is 17.0 Å². The van der Waals surface area contributed by atoms with Crippen LogP contribution in [0.5, 0.6) is 0 Å². The van der Waals surface area contributed by atoms with Crippen LogP contribution in [0.1, 0.15) is 39.2 Å². The Morgan fingerprint density at radius 3 is 2.58 bits per heavy atom. The molecule has 0 unspecified atom stereocenters. The summed E-state index contributed by atoms with van der Waals surface area (Å²) < 4.78 is 33.6. The van der Waals surface area contributed by atoms with Crippen LogP contribution in [0.25, 0.3) is 11.3 Å². The lowest BCUT2D eigenvalue weighted by Crippen LogP contribution is -2.29. The molecule has 0 aliphatic heterocycles. The summed E-state index contributed by atoms with van der Waals surface area (Å²) in [6.45, 7) is 5.93. The van der Waals surface area contributed by atoms with Gasteiger partial charge in [-0.3, -0.25) is 4.79 Å². The average Bonchev–Trinajstić information content (AvgIpc) is 2.59. The highest BCUT2D eigenvalue weighted by Gasteiger charge is 2.30. The van der Waals surface area contributed by atoms with E-state index in [9.17, 15) is 13.6 Å². The lowest BCUT2D eigenvalue weighted by molar-refractivity contribution is -0.154. The molecule has 0 aliphatic carbocycles. The molecular weight excluding hydrogens is 338 g/mol. The number of anilines is 1. The summed E-state index contributed by atoms with van der Waals surface area (Å²) >= 11 is 0. The van der Waals surface area contributed by atoms with Gasteiger partial charge in [0.05, 0.1) is 12.0 Å². The minimum atomic E-state index is -0.787. The van der Waals surface area contributed by atoms with Crippen molar-refractivity contribution in [3.63, 3.8) is 0 Å². The molecule has 0 aliphatic rings. The number of carbonyl (C=O) groups is 1. The molecule has 0 spiro atoms. The van der Waals surface area contributed by atoms with Crippen molar-refractivity contribution in [2.24, 2.45) is 5.41 Å². The van der Waals surface area contributed by atoms with Gasteiger partial charge in [-0.25, -0.2) is 13.8 Å². The van der Waals surface area contributed by atoms with Crippen LogP contribution in [0.3, 0.4) is 0 Å². The van der Waals surface area contributed by atoms with Crippen LogP contribution >= 0.6 is 0 Å². The molecule has 4 nitrogen and oxygen atoms in total. The molecule has 6 heteroatoms. The zero-order chi connectivity index (χ0) is 19.3. The lowest BCUT2D eigenvalue weighted by Gasteiger charge is -2.23. The third kappa shape index (κ3) is 4.77. The molecule has 0 saturated carbocycles. The number of carbonyl (C=O) groups excluding carboxylic acids is 1. The van der Waals surface area contributed by atoms with Crippen molar-refractivity contribution in [3.8, 4) is 11.3 Å². The fourth-order valence-electron chi connectivity index (χ4n) is 2.60. The van der Waals surface area contributed by atoms with Crippen LogP contribution in [0.2, 0.25) is 0 Å². The fraction of sp³-hybridized carbons (Fsp3) is 0.400. The quantitative estimate of drug-likeness (QED) is 0.581. The van der Waals surface area contributed by atoms with Crippen LogP contribution in [0.4, 0.5) is 14.6 Å². The summed E-state index contributed by atoms with van der Waals surface area (Å²) in [6, 6.07) is 6.79. The largest absolute Gasteiger partial charge is 0.465 e. The molecule has 1 heterocycles. The zero-order valence-electron chi connectivity index (χ0n) is 15.3. The van der Waals surface area contributed by atoms with Crippen LogP contribution < -0.4 is 5.73 Å². The van der Waals surface area contributed by atoms with E-state index in [2.05, 4.69) is 4.98 Å². The predicted octanol–water partition coefficient (Wildman–Crippen LogP) is 4.52. The van der Waals surface area contributed by atoms with Crippen molar-refractivity contribution in [2.45, 2.75) is 40.0 Å². The van der Waals surface area contributed by atoms with Gasteiger partial charge in [-0.15, -0.1) is 0 Å². The Kier molecular flexibility index (Phi) is 6.29. The van der Waals surface area contributed by atoms with E-state index in [0.29, 0.717) is 18.6 Å². The van der Waals surface area contributed by atoms with E-state index in [1.165, 1.54) is 18.2 Å². The van der Waals surface area contributed by atoms with Gasteiger partial charge >= 0.3 is 5.97 Å². The molecule has 1 aromatic carbocycles. The van der Waals surface area contributed by atoms with E-state index >= 15 is 0 Å². The van der Waals surface area contributed by atoms with E-state index in [1.807, 2.05) is 6.92 Å². The smallest absolute Gasteiger partial charge is 0.311 e. The molecule has 2 rings (SSSR count). The number of unbranched alkanes of at least 4 members (excludes halogenated alkanes) is 1. The average molecular weight is 362 g/mol. The number of aromatic nitrogens is 1. The summed E-state index contributed by atoms with van der Waals surface area (Å²) in [5.41, 5.74) is 5.36. The summed E-state index contributed by atoms with van der Waals surface area (Å²) in [5, 5.41) is 0. The first-order valence-corrected chi connectivity index (χ1v) is 8.62. The van der Waals surface area contributed by atoms with Gasteiger partial charge in [0, 0.05) is 5.56 Å². The van der Waals surface area contributed by atoms with Crippen molar-refractivity contribution in [1.29, 1.82) is 0 Å². The van der Waals surface area contributed by atoms with Crippen LogP contribution in [0.15, 0.2) is 30.3 Å². The van der Waals surface area contributed by atoms with Gasteiger partial charge < -0.3 is 10.5 Å². The molecule has 0 amide bonds. The Labute approximate surface area is 152 Å². The van der Waals surface area contributed by atoms with Crippen molar-refractivity contribution in [1.82, 2.24) is 4.98 Å². The number of ether oxygens (including phenoxy) is 1. The van der Waals surface area contributed by atoms with E-state index in [0.717, 1.165) is 18.9 Å². The van der Waals surface area contributed by atoms with Gasteiger partial charge in [0.25, 0.3) is 0 Å².